The van der Waals surface area contributed by atoms with E-state index in [4.69, 9.17) is 14.2 Å². The highest BCUT2D eigenvalue weighted by molar-refractivity contribution is 5.62. The van der Waals surface area contributed by atoms with Crippen LogP contribution in [0.1, 0.15) is 51.7 Å². The molecule has 0 fully saturated rings. The van der Waals surface area contributed by atoms with Gasteiger partial charge in [0.25, 0.3) is 0 Å². The molecule has 0 saturated heterocycles. The average Bonchev–Trinajstić information content (AvgIpc) is 3.25. The summed E-state index contributed by atoms with van der Waals surface area (Å²) in [6.07, 6.45) is -0.701. The third kappa shape index (κ3) is 4.54. The van der Waals surface area contributed by atoms with Crippen LogP contribution in [-0.2, 0) is 4.74 Å². The Kier molecular flexibility index (Phi) is 6.99. The van der Waals surface area contributed by atoms with E-state index < -0.39 is 23.9 Å². The SMILES string of the molecule is COc1cc([C@@H]2c3c(O)cc(O)cc3[C@H]([C@@H](OC)c3ccc(O)c(OC)c3)[C@H]2c2cc(O)cc(O)c2)ccc1O. The number of phenolic OH excluding ortho intramolecular Hbond substituents is 6. The first-order valence-corrected chi connectivity index (χ1v) is 12.5. The molecule has 40 heavy (non-hydrogen) atoms. The van der Waals surface area contributed by atoms with Crippen LogP contribution in [0.25, 0.3) is 0 Å². The third-order valence-electron chi connectivity index (χ3n) is 7.58. The molecular formula is C31H30O9. The van der Waals surface area contributed by atoms with Gasteiger partial charge in [0, 0.05) is 42.6 Å². The lowest BCUT2D eigenvalue weighted by Crippen LogP contribution is -2.20. The van der Waals surface area contributed by atoms with Gasteiger partial charge in [0.15, 0.2) is 23.0 Å². The second kappa shape index (κ2) is 10.4. The molecule has 9 nitrogen and oxygen atoms in total. The number of fused-ring (bicyclic) bond motifs is 1. The number of ether oxygens (including phenoxy) is 3. The van der Waals surface area contributed by atoms with Crippen molar-refractivity contribution in [3.05, 3.63) is 94.5 Å². The van der Waals surface area contributed by atoms with Crippen LogP contribution in [-0.4, -0.2) is 52.0 Å². The standard InChI is InChI=1S/C31H30O9/c1-38-25-10-15(4-6-22(25)35)27-28(17-8-18(32)12-19(33)9-17)30(21-13-20(34)14-24(37)29(21)27)31(40-3)16-5-7-23(36)26(11-16)39-2/h4-14,27-28,30-37H,1-3H3/t27-,28-,30-,31-/m0/s1. The predicted octanol–water partition coefficient (Wildman–Crippen LogP) is 5.34. The molecule has 4 aromatic rings. The number of rotatable bonds is 7. The van der Waals surface area contributed by atoms with E-state index in [1.54, 1.807) is 30.3 Å². The molecule has 9 heteroatoms. The number of aromatic hydroxyl groups is 6. The fraction of sp³-hybridized carbons (Fsp3) is 0.226. The molecule has 0 amide bonds. The Morgan fingerprint density at radius 2 is 1.20 bits per heavy atom. The van der Waals surface area contributed by atoms with Gasteiger partial charge in [-0.1, -0.05) is 12.1 Å². The van der Waals surface area contributed by atoms with Crippen molar-refractivity contribution in [3.63, 3.8) is 0 Å². The van der Waals surface area contributed by atoms with Crippen LogP contribution in [0, 0.1) is 0 Å². The summed E-state index contributed by atoms with van der Waals surface area (Å²) in [5.41, 5.74) is 2.96. The van der Waals surface area contributed by atoms with Crippen LogP contribution in [0.3, 0.4) is 0 Å². The van der Waals surface area contributed by atoms with Gasteiger partial charge in [0.2, 0.25) is 0 Å². The molecule has 1 aliphatic rings. The molecule has 4 atom stereocenters. The zero-order chi connectivity index (χ0) is 28.7. The van der Waals surface area contributed by atoms with E-state index in [0.717, 1.165) is 0 Å². The van der Waals surface area contributed by atoms with Crippen LogP contribution in [0.5, 0.6) is 46.0 Å². The fourth-order valence-electron chi connectivity index (χ4n) is 6.02. The molecule has 0 aliphatic heterocycles. The smallest absolute Gasteiger partial charge is 0.160 e. The summed E-state index contributed by atoms with van der Waals surface area (Å²) in [6.45, 7) is 0. The summed E-state index contributed by atoms with van der Waals surface area (Å²) >= 11 is 0. The monoisotopic (exact) mass is 546 g/mol. The van der Waals surface area contributed by atoms with Crippen molar-refractivity contribution >= 4 is 0 Å². The van der Waals surface area contributed by atoms with Crippen molar-refractivity contribution in [1.82, 2.24) is 0 Å². The summed E-state index contributed by atoms with van der Waals surface area (Å²) in [7, 11) is 4.40. The maximum atomic E-state index is 11.2. The maximum Gasteiger partial charge on any atom is 0.160 e. The molecule has 0 bridgehead atoms. The van der Waals surface area contributed by atoms with Crippen molar-refractivity contribution in [2.75, 3.05) is 21.3 Å². The van der Waals surface area contributed by atoms with E-state index in [-0.39, 0.29) is 46.0 Å². The number of benzene rings is 4. The third-order valence-corrected chi connectivity index (χ3v) is 7.58. The highest BCUT2D eigenvalue weighted by atomic mass is 16.5. The lowest BCUT2D eigenvalue weighted by atomic mass is 9.74. The van der Waals surface area contributed by atoms with E-state index in [1.165, 1.54) is 57.7 Å². The van der Waals surface area contributed by atoms with Gasteiger partial charge < -0.3 is 44.8 Å². The van der Waals surface area contributed by atoms with Gasteiger partial charge in [-0.05, 0) is 64.7 Å². The predicted molar refractivity (Wildman–Crippen MR) is 146 cm³/mol. The molecule has 6 N–H and O–H groups in total. The molecular weight excluding hydrogens is 516 g/mol. The zero-order valence-electron chi connectivity index (χ0n) is 22.1. The lowest BCUT2D eigenvalue weighted by molar-refractivity contribution is 0.0715. The maximum absolute atomic E-state index is 11.2. The first-order valence-electron chi connectivity index (χ1n) is 12.5. The second-order valence-corrected chi connectivity index (χ2v) is 9.80. The van der Waals surface area contributed by atoms with Crippen LogP contribution in [0.4, 0.5) is 0 Å². The summed E-state index contributed by atoms with van der Waals surface area (Å²) in [5.74, 6) is -2.00. The normalized spacial score (nSPS) is 18.7. The summed E-state index contributed by atoms with van der Waals surface area (Å²) in [5, 5.41) is 63.2. The van der Waals surface area contributed by atoms with Crippen molar-refractivity contribution in [1.29, 1.82) is 0 Å². The Bertz CT molecular complexity index is 1540. The van der Waals surface area contributed by atoms with E-state index in [1.807, 2.05) is 0 Å². The fourth-order valence-corrected chi connectivity index (χ4v) is 6.02. The Labute approximate surface area is 230 Å². The average molecular weight is 547 g/mol. The minimum atomic E-state index is -0.701. The summed E-state index contributed by atoms with van der Waals surface area (Å²) in [6, 6.07) is 16.8. The highest BCUT2D eigenvalue weighted by Crippen LogP contribution is 2.63. The van der Waals surface area contributed by atoms with E-state index in [9.17, 15) is 30.6 Å². The number of phenols is 6. The Hall–Kier alpha value is -4.76. The van der Waals surface area contributed by atoms with Gasteiger partial charge in [-0.3, -0.25) is 0 Å². The summed E-state index contributed by atoms with van der Waals surface area (Å²) in [4.78, 5) is 0. The number of hydrogen-bond donors (Lipinski definition) is 6. The molecule has 0 spiro atoms. The molecule has 0 radical (unpaired) electrons. The topological polar surface area (TPSA) is 149 Å². The Morgan fingerprint density at radius 1 is 0.600 bits per heavy atom. The summed E-state index contributed by atoms with van der Waals surface area (Å²) < 4.78 is 16.8. The van der Waals surface area contributed by atoms with Gasteiger partial charge in [-0.25, -0.2) is 0 Å². The molecule has 1 aliphatic carbocycles. The van der Waals surface area contributed by atoms with Gasteiger partial charge in [0.05, 0.1) is 20.3 Å². The van der Waals surface area contributed by atoms with Gasteiger partial charge in [-0.15, -0.1) is 0 Å². The minimum Gasteiger partial charge on any atom is -0.508 e. The van der Waals surface area contributed by atoms with Gasteiger partial charge in [-0.2, -0.15) is 0 Å². The van der Waals surface area contributed by atoms with Gasteiger partial charge in [0.1, 0.15) is 23.0 Å². The quantitative estimate of drug-likeness (QED) is 0.181. The molecule has 0 heterocycles. The van der Waals surface area contributed by atoms with E-state index in [2.05, 4.69) is 0 Å². The van der Waals surface area contributed by atoms with Crippen molar-refractivity contribution in [2.24, 2.45) is 0 Å². The Balaban J connectivity index is 1.82. The Morgan fingerprint density at radius 3 is 1.82 bits per heavy atom. The lowest BCUT2D eigenvalue weighted by Gasteiger charge is -2.32. The number of hydrogen-bond acceptors (Lipinski definition) is 9. The highest BCUT2D eigenvalue weighted by Gasteiger charge is 2.48. The largest absolute Gasteiger partial charge is 0.508 e. The molecule has 0 aromatic heterocycles. The van der Waals surface area contributed by atoms with Crippen molar-refractivity contribution in [3.8, 4) is 46.0 Å². The minimum absolute atomic E-state index is 0.0493. The van der Waals surface area contributed by atoms with Crippen molar-refractivity contribution in [2.45, 2.75) is 23.9 Å². The van der Waals surface area contributed by atoms with Gasteiger partial charge >= 0.3 is 0 Å². The molecule has 4 aromatic carbocycles. The van der Waals surface area contributed by atoms with Crippen molar-refractivity contribution < 1.29 is 44.8 Å². The van der Waals surface area contributed by atoms with Crippen LogP contribution >= 0.6 is 0 Å². The van der Waals surface area contributed by atoms with Crippen LogP contribution in [0.15, 0.2) is 66.7 Å². The molecule has 0 unspecified atom stereocenters. The molecule has 5 rings (SSSR count). The van der Waals surface area contributed by atoms with Crippen LogP contribution < -0.4 is 9.47 Å². The second-order valence-electron chi connectivity index (χ2n) is 9.80. The van der Waals surface area contributed by atoms with E-state index >= 15 is 0 Å². The molecule has 0 saturated carbocycles. The van der Waals surface area contributed by atoms with E-state index in [0.29, 0.717) is 27.8 Å². The zero-order valence-corrected chi connectivity index (χ0v) is 22.1. The van der Waals surface area contributed by atoms with Crippen LogP contribution in [0.2, 0.25) is 0 Å². The number of methoxy groups -OCH3 is 3. The molecule has 208 valence electrons. The first kappa shape index (κ1) is 26.8. The first-order chi connectivity index (χ1) is 19.2.